The van der Waals surface area contributed by atoms with E-state index in [0.29, 0.717) is 12.3 Å². The van der Waals surface area contributed by atoms with Crippen molar-refractivity contribution in [1.82, 2.24) is 19.7 Å². The molecule has 0 unspecified atom stereocenters. The summed E-state index contributed by atoms with van der Waals surface area (Å²) in [5.41, 5.74) is 0.0147. The summed E-state index contributed by atoms with van der Waals surface area (Å²) >= 11 is 5.55. The van der Waals surface area contributed by atoms with Gasteiger partial charge in [-0.3, -0.25) is 10.1 Å². The first kappa shape index (κ1) is 23.1. The van der Waals surface area contributed by atoms with Gasteiger partial charge < -0.3 is 14.8 Å². The number of halogens is 1. The SMILES string of the molecule is COc1nc(NC(=O)NS(=O)(=O)c2ccccc2NC(=O)CCCCl)nc(OC)n1. The molecular formula is C16H19ClN6O6S. The van der Waals surface area contributed by atoms with Crippen molar-refractivity contribution in [3.8, 4) is 12.0 Å². The Balaban J connectivity index is 2.17. The first-order valence-electron chi connectivity index (χ1n) is 8.41. The van der Waals surface area contributed by atoms with Crippen molar-refractivity contribution < 1.29 is 27.5 Å². The highest BCUT2D eigenvalue weighted by molar-refractivity contribution is 7.90. The topological polar surface area (TPSA) is 162 Å². The van der Waals surface area contributed by atoms with Gasteiger partial charge in [-0.2, -0.15) is 9.97 Å². The Bertz CT molecular complexity index is 997. The van der Waals surface area contributed by atoms with Gasteiger partial charge >= 0.3 is 18.1 Å². The van der Waals surface area contributed by atoms with E-state index in [1.807, 2.05) is 4.72 Å². The number of amides is 3. The average Bonchev–Trinajstić information content (AvgIpc) is 2.71. The van der Waals surface area contributed by atoms with Crippen LogP contribution in [0.5, 0.6) is 12.0 Å². The smallest absolute Gasteiger partial charge is 0.335 e. The molecule has 0 saturated carbocycles. The summed E-state index contributed by atoms with van der Waals surface area (Å²) in [7, 11) is -1.76. The maximum absolute atomic E-state index is 12.6. The summed E-state index contributed by atoms with van der Waals surface area (Å²) < 4.78 is 36.8. The number of hydrogen-bond donors (Lipinski definition) is 3. The third kappa shape index (κ3) is 6.42. The highest BCUT2D eigenvalue weighted by Crippen LogP contribution is 2.21. The Morgan fingerprint density at radius 2 is 1.67 bits per heavy atom. The van der Waals surface area contributed by atoms with Crippen LogP contribution in [0.4, 0.5) is 16.4 Å². The van der Waals surface area contributed by atoms with Gasteiger partial charge in [0.1, 0.15) is 4.90 Å². The largest absolute Gasteiger partial charge is 0.467 e. The van der Waals surface area contributed by atoms with Crippen LogP contribution in [0.25, 0.3) is 0 Å². The van der Waals surface area contributed by atoms with Crippen molar-refractivity contribution in [3.05, 3.63) is 24.3 Å². The van der Waals surface area contributed by atoms with Gasteiger partial charge in [0.2, 0.25) is 11.9 Å². The van der Waals surface area contributed by atoms with Crippen molar-refractivity contribution >= 4 is 45.2 Å². The van der Waals surface area contributed by atoms with Crippen LogP contribution in [0.1, 0.15) is 12.8 Å². The van der Waals surface area contributed by atoms with Gasteiger partial charge in [0.25, 0.3) is 10.0 Å². The van der Waals surface area contributed by atoms with Gasteiger partial charge in [0, 0.05) is 12.3 Å². The molecule has 162 valence electrons. The third-order valence-corrected chi connectivity index (χ3v) is 5.06. The quantitative estimate of drug-likeness (QED) is 0.471. The van der Waals surface area contributed by atoms with E-state index < -0.39 is 22.0 Å². The molecule has 0 saturated heterocycles. The number of alkyl halides is 1. The van der Waals surface area contributed by atoms with Crippen molar-refractivity contribution in [3.63, 3.8) is 0 Å². The molecule has 1 aromatic heterocycles. The maximum Gasteiger partial charge on any atom is 0.335 e. The van der Waals surface area contributed by atoms with E-state index in [-0.39, 0.29) is 35.0 Å². The number of benzene rings is 1. The minimum absolute atomic E-state index is 0.0147. The van der Waals surface area contributed by atoms with E-state index in [0.717, 1.165) is 0 Å². The molecule has 0 aliphatic carbocycles. The number of para-hydroxylation sites is 1. The molecule has 30 heavy (non-hydrogen) atoms. The fourth-order valence-electron chi connectivity index (χ4n) is 2.12. The predicted molar refractivity (Wildman–Crippen MR) is 107 cm³/mol. The number of carbonyl (C=O) groups is 2. The van der Waals surface area contributed by atoms with E-state index in [9.17, 15) is 18.0 Å². The van der Waals surface area contributed by atoms with Crippen molar-refractivity contribution in [1.29, 1.82) is 0 Å². The first-order chi connectivity index (χ1) is 14.3. The third-order valence-electron chi connectivity index (χ3n) is 3.40. The van der Waals surface area contributed by atoms with Crippen LogP contribution in [-0.4, -0.2) is 55.4 Å². The van der Waals surface area contributed by atoms with Crippen LogP contribution in [0, 0.1) is 0 Å². The Morgan fingerprint density at radius 3 is 2.27 bits per heavy atom. The van der Waals surface area contributed by atoms with E-state index >= 15 is 0 Å². The lowest BCUT2D eigenvalue weighted by atomic mass is 10.3. The zero-order chi connectivity index (χ0) is 22.1. The van der Waals surface area contributed by atoms with Gasteiger partial charge in [-0.1, -0.05) is 12.1 Å². The summed E-state index contributed by atoms with van der Waals surface area (Å²) in [6.45, 7) is 0. The summed E-state index contributed by atoms with van der Waals surface area (Å²) in [6.07, 6.45) is 0.552. The molecular weight excluding hydrogens is 440 g/mol. The van der Waals surface area contributed by atoms with E-state index in [1.54, 1.807) is 6.07 Å². The van der Waals surface area contributed by atoms with Crippen LogP contribution in [-0.2, 0) is 14.8 Å². The molecule has 0 aliphatic rings. The average molecular weight is 459 g/mol. The van der Waals surface area contributed by atoms with Crippen LogP contribution in [0.3, 0.4) is 0 Å². The van der Waals surface area contributed by atoms with Crippen LogP contribution >= 0.6 is 11.6 Å². The Hall–Kier alpha value is -3.19. The van der Waals surface area contributed by atoms with Crippen molar-refractivity contribution in [2.45, 2.75) is 17.7 Å². The Morgan fingerprint density at radius 1 is 1.03 bits per heavy atom. The molecule has 2 aromatic rings. The summed E-state index contributed by atoms with van der Waals surface area (Å²) in [5, 5.41) is 4.64. The number of rotatable bonds is 9. The van der Waals surface area contributed by atoms with Gasteiger partial charge in [-0.15, -0.1) is 16.6 Å². The molecule has 0 atom stereocenters. The Labute approximate surface area is 177 Å². The second-order valence-electron chi connectivity index (χ2n) is 5.53. The minimum Gasteiger partial charge on any atom is -0.467 e. The van der Waals surface area contributed by atoms with Crippen molar-refractivity contribution in [2.75, 3.05) is 30.7 Å². The predicted octanol–water partition coefficient (Wildman–Crippen LogP) is 1.36. The number of carbonyl (C=O) groups excluding carboxylic acids is 2. The highest BCUT2D eigenvalue weighted by Gasteiger charge is 2.23. The lowest BCUT2D eigenvalue weighted by Crippen LogP contribution is -2.35. The molecule has 0 bridgehead atoms. The highest BCUT2D eigenvalue weighted by atomic mass is 35.5. The normalized spacial score (nSPS) is 10.8. The second kappa shape index (κ2) is 10.5. The number of sulfonamides is 1. The number of urea groups is 1. The molecule has 3 N–H and O–H groups in total. The van der Waals surface area contributed by atoms with Gasteiger partial charge in [-0.05, 0) is 18.6 Å². The van der Waals surface area contributed by atoms with Crippen LogP contribution in [0.2, 0.25) is 0 Å². The molecule has 1 aromatic carbocycles. The monoisotopic (exact) mass is 458 g/mol. The van der Waals surface area contributed by atoms with Gasteiger partial charge in [0.05, 0.1) is 19.9 Å². The number of hydrogen-bond acceptors (Lipinski definition) is 9. The fourth-order valence-corrected chi connectivity index (χ4v) is 3.33. The van der Waals surface area contributed by atoms with Gasteiger partial charge in [-0.25, -0.2) is 17.9 Å². The van der Waals surface area contributed by atoms with Crippen LogP contribution < -0.4 is 24.8 Å². The molecule has 0 fully saturated rings. The molecule has 0 radical (unpaired) electrons. The molecule has 12 nitrogen and oxygen atoms in total. The number of aromatic nitrogens is 3. The van der Waals surface area contributed by atoms with Crippen molar-refractivity contribution in [2.24, 2.45) is 0 Å². The molecule has 0 aliphatic heterocycles. The minimum atomic E-state index is -4.34. The first-order valence-corrected chi connectivity index (χ1v) is 10.4. The molecule has 3 amide bonds. The standard InChI is InChI=1S/C16H19ClN6O6S/c1-28-15-20-13(21-16(22-15)29-2)19-14(25)23-30(26,27)11-7-4-3-6-10(11)18-12(24)8-5-9-17/h3-4,6-7H,5,8-9H2,1-2H3,(H,18,24)(H2,19,20,21,22,23,25). The second-order valence-corrected chi connectivity index (χ2v) is 7.56. The molecule has 2 rings (SSSR count). The number of anilines is 2. The number of nitrogens with one attached hydrogen (secondary N) is 3. The van der Waals surface area contributed by atoms with Gasteiger partial charge in [0.15, 0.2) is 0 Å². The number of methoxy groups -OCH3 is 2. The van der Waals surface area contributed by atoms with E-state index in [2.05, 4.69) is 25.6 Å². The van der Waals surface area contributed by atoms with E-state index in [4.69, 9.17) is 21.1 Å². The maximum atomic E-state index is 12.6. The molecule has 0 spiro atoms. The zero-order valence-electron chi connectivity index (χ0n) is 16.0. The lowest BCUT2D eigenvalue weighted by Gasteiger charge is -2.13. The lowest BCUT2D eigenvalue weighted by molar-refractivity contribution is -0.116. The summed E-state index contributed by atoms with van der Waals surface area (Å²) in [4.78, 5) is 35.1. The van der Waals surface area contributed by atoms with E-state index in [1.165, 1.54) is 32.4 Å². The zero-order valence-corrected chi connectivity index (χ0v) is 17.6. The summed E-state index contributed by atoms with van der Waals surface area (Å²) in [6, 6.07) is 4.18. The fraction of sp³-hybridized carbons (Fsp3) is 0.312. The Kier molecular flexibility index (Phi) is 8.12. The molecule has 14 heteroatoms. The number of nitrogens with zero attached hydrogens (tertiary/aromatic N) is 3. The van der Waals surface area contributed by atoms with Crippen LogP contribution in [0.15, 0.2) is 29.2 Å². The summed E-state index contributed by atoms with van der Waals surface area (Å²) in [5.74, 6) is -0.414. The molecule has 1 heterocycles. The number of ether oxygens (including phenoxy) is 2.